The number of rotatable bonds is 4. The van der Waals surface area contributed by atoms with Crippen LogP contribution in [0.4, 0.5) is 24.9 Å². The minimum absolute atomic E-state index is 0.0464. The van der Waals surface area contributed by atoms with E-state index in [9.17, 15) is 22.8 Å². The number of nitrogens with zero attached hydrogens (tertiary/aromatic N) is 2. The molecular formula is C20H20F3N5O3. The van der Waals surface area contributed by atoms with Gasteiger partial charge in [0.05, 0.1) is 5.57 Å². The third-order valence-corrected chi connectivity index (χ3v) is 5.27. The molecule has 8 nitrogen and oxygen atoms in total. The van der Waals surface area contributed by atoms with Gasteiger partial charge in [0.15, 0.2) is 5.69 Å². The first-order chi connectivity index (χ1) is 14.7. The first kappa shape index (κ1) is 20.9. The van der Waals surface area contributed by atoms with Crippen molar-refractivity contribution >= 4 is 29.6 Å². The summed E-state index contributed by atoms with van der Waals surface area (Å²) in [6.45, 7) is 0.373. The van der Waals surface area contributed by atoms with Crippen molar-refractivity contribution in [3.05, 3.63) is 47.1 Å². The molecule has 11 heteroatoms. The topological polar surface area (TPSA) is 113 Å². The second kappa shape index (κ2) is 8.06. The number of hydrogen-bond acceptors (Lipinski definition) is 6. The highest BCUT2D eigenvalue weighted by Gasteiger charge is 2.37. The average molecular weight is 435 g/mol. The van der Waals surface area contributed by atoms with Gasteiger partial charge in [-0.25, -0.2) is 13.2 Å². The molecule has 1 saturated heterocycles. The number of fused-ring (bicyclic) bond motifs is 1. The minimum Gasteiger partial charge on any atom is -0.431 e. The van der Waals surface area contributed by atoms with Crippen molar-refractivity contribution in [1.82, 2.24) is 9.88 Å². The lowest BCUT2D eigenvalue weighted by molar-refractivity contribution is -0.113. The molecular weight excluding hydrogens is 415 g/mol. The number of anilines is 2. The van der Waals surface area contributed by atoms with Crippen LogP contribution in [0.1, 0.15) is 35.3 Å². The molecule has 0 saturated carbocycles. The molecule has 2 aromatic rings. The maximum Gasteiger partial charge on any atom is 0.302 e. The summed E-state index contributed by atoms with van der Waals surface area (Å²) in [5.41, 5.74) is 6.20. The monoisotopic (exact) mass is 435 g/mol. The van der Waals surface area contributed by atoms with Crippen molar-refractivity contribution in [3.8, 4) is 0 Å². The summed E-state index contributed by atoms with van der Waals surface area (Å²) >= 11 is 0. The standard InChI is InChI=1S/C20H20F3N5O3/c21-12-3-2-11-8-13(18(30)27-19-26-15(10-31-19)16(24)29)17(25-14(11)9-12)28-6-1-4-20(22,23)5-7-28/h2-3,8-10,17,25H,1,4-7H2,(H2,24,29)(H,26,27,30). The number of nitrogens with two attached hydrogens (primary N) is 1. The smallest absolute Gasteiger partial charge is 0.302 e. The molecule has 4 rings (SSSR count). The number of amides is 2. The van der Waals surface area contributed by atoms with Crippen LogP contribution in [-0.4, -0.2) is 46.9 Å². The zero-order valence-corrected chi connectivity index (χ0v) is 16.3. The van der Waals surface area contributed by atoms with E-state index in [2.05, 4.69) is 15.6 Å². The molecule has 2 aliphatic heterocycles. The molecule has 3 heterocycles. The summed E-state index contributed by atoms with van der Waals surface area (Å²) in [6, 6.07) is 3.82. The Labute approximate surface area is 175 Å². The van der Waals surface area contributed by atoms with E-state index < -0.39 is 29.7 Å². The molecule has 4 N–H and O–H groups in total. The number of alkyl halides is 2. The Kier molecular flexibility index (Phi) is 5.44. The summed E-state index contributed by atoms with van der Waals surface area (Å²) < 4.78 is 46.5. The van der Waals surface area contributed by atoms with Gasteiger partial charge in [-0.15, -0.1) is 0 Å². The Morgan fingerprint density at radius 3 is 2.84 bits per heavy atom. The van der Waals surface area contributed by atoms with E-state index in [4.69, 9.17) is 10.2 Å². The van der Waals surface area contributed by atoms with Crippen LogP contribution in [0, 0.1) is 5.82 Å². The highest BCUT2D eigenvalue weighted by molar-refractivity contribution is 6.08. The number of likely N-dealkylation sites (tertiary alicyclic amines) is 1. The zero-order valence-electron chi connectivity index (χ0n) is 16.3. The zero-order chi connectivity index (χ0) is 22.2. The molecule has 31 heavy (non-hydrogen) atoms. The molecule has 1 atom stereocenters. The summed E-state index contributed by atoms with van der Waals surface area (Å²) in [5.74, 6) is -4.67. The van der Waals surface area contributed by atoms with Gasteiger partial charge in [0.25, 0.3) is 11.8 Å². The van der Waals surface area contributed by atoms with E-state index in [1.54, 1.807) is 11.0 Å². The third kappa shape index (κ3) is 4.55. The molecule has 0 bridgehead atoms. The predicted octanol–water partition coefficient (Wildman–Crippen LogP) is 2.81. The first-order valence-corrected chi connectivity index (χ1v) is 9.68. The Bertz CT molecular complexity index is 1050. The quantitative estimate of drug-likeness (QED) is 0.681. The van der Waals surface area contributed by atoms with E-state index in [0.29, 0.717) is 17.8 Å². The summed E-state index contributed by atoms with van der Waals surface area (Å²) in [6.07, 6.45) is 1.47. The Morgan fingerprint density at radius 2 is 2.10 bits per heavy atom. The van der Waals surface area contributed by atoms with Crippen LogP contribution in [0.15, 0.2) is 34.5 Å². The fraction of sp³-hybridized carbons (Fsp3) is 0.350. The second-order valence-corrected chi connectivity index (χ2v) is 7.48. The summed E-state index contributed by atoms with van der Waals surface area (Å²) in [4.78, 5) is 29.7. The minimum atomic E-state index is -2.77. The van der Waals surface area contributed by atoms with Crippen LogP contribution in [0.25, 0.3) is 6.08 Å². The fourth-order valence-electron chi connectivity index (χ4n) is 3.69. The van der Waals surface area contributed by atoms with Crippen molar-refractivity contribution in [2.24, 2.45) is 5.73 Å². The normalized spacial score (nSPS) is 20.7. The molecule has 0 radical (unpaired) electrons. The fourth-order valence-corrected chi connectivity index (χ4v) is 3.69. The van der Waals surface area contributed by atoms with Crippen LogP contribution in [-0.2, 0) is 4.79 Å². The van der Waals surface area contributed by atoms with Gasteiger partial charge in [0.1, 0.15) is 18.2 Å². The molecule has 2 aliphatic rings. The first-order valence-electron chi connectivity index (χ1n) is 9.68. The molecule has 1 unspecified atom stereocenters. The number of nitrogens with one attached hydrogen (secondary N) is 2. The van der Waals surface area contributed by atoms with Gasteiger partial charge in [-0.3, -0.25) is 19.8 Å². The molecule has 1 aromatic heterocycles. The number of halogens is 3. The van der Waals surface area contributed by atoms with Gasteiger partial charge < -0.3 is 15.5 Å². The van der Waals surface area contributed by atoms with Gasteiger partial charge in [0, 0.05) is 31.6 Å². The van der Waals surface area contributed by atoms with Crippen molar-refractivity contribution in [2.45, 2.75) is 31.4 Å². The Morgan fingerprint density at radius 1 is 1.29 bits per heavy atom. The molecule has 1 aromatic carbocycles. The van der Waals surface area contributed by atoms with Crippen LogP contribution < -0.4 is 16.4 Å². The maximum atomic E-state index is 13.9. The number of aromatic nitrogens is 1. The number of hydrogen-bond donors (Lipinski definition) is 3. The van der Waals surface area contributed by atoms with E-state index in [-0.39, 0.29) is 43.1 Å². The van der Waals surface area contributed by atoms with E-state index in [0.717, 1.165) is 6.26 Å². The predicted molar refractivity (Wildman–Crippen MR) is 106 cm³/mol. The highest BCUT2D eigenvalue weighted by atomic mass is 19.3. The third-order valence-electron chi connectivity index (χ3n) is 5.27. The van der Waals surface area contributed by atoms with Crippen LogP contribution in [0.5, 0.6) is 0 Å². The highest BCUT2D eigenvalue weighted by Crippen LogP contribution is 2.33. The summed E-state index contributed by atoms with van der Waals surface area (Å²) in [5, 5.41) is 5.54. The van der Waals surface area contributed by atoms with Crippen molar-refractivity contribution in [1.29, 1.82) is 0 Å². The summed E-state index contributed by atoms with van der Waals surface area (Å²) in [7, 11) is 0. The largest absolute Gasteiger partial charge is 0.431 e. The Balaban J connectivity index is 1.63. The number of benzene rings is 1. The molecule has 2 amide bonds. The lowest BCUT2D eigenvalue weighted by Gasteiger charge is -2.36. The number of oxazole rings is 1. The Hall–Kier alpha value is -3.34. The van der Waals surface area contributed by atoms with E-state index in [1.807, 2.05) is 0 Å². The number of carbonyl (C=O) groups excluding carboxylic acids is 2. The molecule has 0 spiro atoms. The van der Waals surface area contributed by atoms with Gasteiger partial charge in [-0.05, 0) is 36.3 Å². The number of primary amides is 1. The van der Waals surface area contributed by atoms with Crippen LogP contribution >= 0.6 is 0 Å². The van der Waals surface area contributed by atoms with Gasteiger partial charge in [-0.1, -0.05) is 0 Å². The van der Waals surface area contributed by atoms with Gasteiger partial charge in [0.2, 0.25) is 5.92 Å². The van der Waals surface area contributed by atoms with Crippen molar-refractivity contribution in [3.63, 3.8) is 0 Å². The SMILES string of the molecule is NC(=O)c1coc(NC(=O)C2=Cc3ccc(F)cc3NC2N2CCCC(F)(F)CC2)n1. The van der Waals surface area contributed by atoms with Crippen molar-refractivity contribution < 1.29 is 27.2 Å². The van der Waals surface area contributed by atoms with Crippen LogP contribution in [0.3, 0.4) is 0 Å². The van der Waals surface area contributed by atoms with E-state index >= 15 is 0 Å². The lowest BCUT2D eigenvalue weighted by Crippen LogP contribution is -2.47. The van der Waals surface area contributed by atoms with E-state index in [1.165, 1.54) is 18.2 Å². The van der Waals surface area contributed by atoms with Crippen molar-refractivity contribution in [2.75, 3.05) is 23.7 Å². The van der Waals surface area contributed by atoms with Gasteiger partial charge >= 0.3 is 6.01 Å². The maximum absolute atomic E-state index is 13.9. The lowest BCUT2D eigenvalue weighted by atomic mass is 10.00. The second-order valence-electron chi connectivity index (χ2n) is 7.48. The molecule has 164 valence electrons. The molecule has 1 fully saturated rings. The molecule has 0 aliphatic carbocycles. The number of carbonyl (C=O) groups is 2. The van der Waals surface area contributed by atoms with Crippen LogP contribution in [0.2, 0.25) is 0 Å². The van der Waals surface area contributed by atoms with Gasteiger partial charge in [-0.2, -0.15) is 4.98 Å². The average Bonchev–Trinajstić information content (AvgIpc) is 3.10.